The molecule has 0 aliphatic carbocycles. The topological polar surface area (TPSA) is 915 Å². The molecule has 11 fully saturated rings. The number of hydrogen-bond donors (Lipinski definition) is 33. The van der Waals surface area contributed by atoms with Crippen LogP contribution in [0, 0.1) is 0 Å². The molecule has 33 N–H and O–H groups in total. The maximum atomic E-state index is 13.7. The largest absolute Gasteiger partial charge is 0.394 e. The van der Waals surface area contributed by atoms with Crippen LogP contribution < -0.4 is 31.9 Å². The van der Waals surface area contributed by atoms with E-state index >= 15 is 0 Å². The minimum absolute atomic E-state index is 0.821. The van der Waals surface area contributed by atoms with Crippen molar-refractivity contribution in [1.82, 2.24) is 31.9 Å². The molecular weight excluding hydrogens is 1880 g/mol. The number of hydrogen-bond acceptors (Lipinski definition) is 54. The highest BCUT2D eigenvalue weighted by molar-refractivity contribution is 5.75. The molecule has 0 aromatic carbocycles. The van der Waals surface area contributed by atoms with Gasteiger partial charge in [-0.15, -0.1) is 0 Å². The SMILES string of the molecule is CC(=O)N[C@@H]1[C@@H](O)[C@H](O[C@@H]2O[C@H](CO)[C@@H](O[C@@H]3O[C@H](CO[C@H]4O[C@H](CO)[C@@H](O)[C@H](O)[C@@H]4O[C@@H]4O[C@H](CO)[C@@H](O[C@@H]5O[C@H](CO)[C@H](O)[C@H](O)[C@H]5NC(C)=O)[C@H](O[C@@H]5O[C@@H](C)[C@@H](O)[C@@H](O)[C@@H]5O)[C@H]4NC(C)=O)[C@@H](O)[C@H](O[C@H]4O[C@H](CO)[C@@H](O)[C@H](O)[C@@H]4O[C@@H]4O[C@H](CO)[C@@H](O[C@@H]5O[C@H](CO)[C@H](O)[C@H](O)[C@H]5NC(C)=O)[C@H](O[C@@H]5O[C@@H](C)[C@@H](O)[C@@H](O)[C@@H]5O)[C@H]4NC(C)=O)[C@@H]3O)[C@H](O)[C@H]2NC(C)=O)[C@@H](CO)O[C@H]1O. The van der Waals surface area contributed by atoms with Crippen LogP contribution in [0.2, 0.25) is 0 Å². The number of ether oxygens (including phenoxy) is 21. The van der Waals surface area contributed by atoms with Gasteiger partial charge in [0.15, 0.2) is 69.2 Å². The summed E-state index contributed by atoms with van der Waals surface area (Å²) in [5.74, 6) is -5.65. The minimum Gasteiger partial charge on any atom is -0.394 e. The van der Waals surface area contributed by atoms with Gasteiger partial charge in [0.2, 0.25) is 35.4 Å². The maximum absolute atomic E-state index is 13.7. The first-order valence-corrected chi connectivity index (χ1v) is 44.3. The van der Waals surface area contributed by atoms with Crippen LogP contribution in [0.25, 0.3) is 0 Å². The Morgan fingerprint density at radius 3 is 0.833 bits per heavy atom. The van der Waals surface area contributed by atoms with E-state index in [1.807, 2.05) is 0 Å². The molecule has 0 aromatic rings. The summed E-state index contributed by atoms with van der Waals surface area (Å²) in [6.07, 6.45) is -104. The van der Waals surface area contributed by atoms with E-state index < -0.39 is 432 Å². The molecule has 138 heavy (non-hydrogen) atoms. The molecule has 60 heteroatoms. The Labute approximate surface area is 783 Å². The Bertz CT molecular complexity index is 3880. The Morgan fingerprint density at radius 2 is 0.457 bits per heavy atom. The van der Waals surface area contributed by atoms with Crippen LogP contribution in [0.5, 0.6) is 0 Å². The summed E-state index contributed by atoms with van der Waals surface area (Å²) in [4.78, 5) is 78.4. The fourth-order valence-electron chi connectivity index (χ4n) is 18.1. The van der Waals surface area contributed by atoms with Crippen molar-refractivity contribution >= 4 is 35.4 Å². The molecule has 0 aromatic heterocycles. The van der Waals surface area contributed by atoms with Crippen molar-refractivity contribution < 1.29 is 266 Å². The lowest BCUT2D eigenvalue weighted by molar-refractivity contribution is -0.402. The number of carbonyl (C=O) groups is 6. The molecule has 796 valence electrons. The van der Waals surface area contributed by atoms with E-state index in [4.69, 9.17) is 99.5 Å². The molecule has 0 spiro atoms. The van der Waals surface area contributed by atoms with Crippen LogP contribution >= 0.6 is 0 Å². The van der Waals surface area contributed by atoms with Gasteiger partial charge in [-0.2, -0.15) is 0 Å². The molecule has 11 aliphatic heterocycles. The van der Waals surface area contributed by atoms with Crippen molar-refractivity contribution in [2.45, 2.75) is 393 Å². The molecule has 55 atom stereocenters. The maximum Gasteiger partial charge on any atom is 0.217 e. The van der Waals surface area contributed by atoms with E-state index in [1.54, 1.807) is 0 Å². The van der Waals surface area contributed by atoms with Crippen molar-refractivity contribution in [2.24, 2.45) is 0 Å². The number of carbonyl (C=O) groups excluding carboxylic acids is 6. The second-order valence-corrected chi connectivity index (χ2v) is 35.2. The molecule has 11 saturated heterocycles. The molecule has 6 amide bonds. The van der Waals surface area contributed by atoms with Crippen LogP contribution in [0.15, 0.2) is 0 Å². The lowest BCUT2D eigenvalue weighted by atomic mass is 9.93. The van der Waals surface area contributed by atoms with E-state index in [0.29, 0.717) is 0 Å². The first kappa shape index (κ1) is 113. The lowest BCUT2D eigenvalue weighted by Gasteiger charge is -2.52. The Morgan fingerprint density at radius 1 is 0.203 bits per heavy atom. The van der Waals surface area contributed by atoms with Gasteiger partial charge in [0.1, 0.15) is 256 Å². The third kappa shape index (κ3) is 25.2. The molecule has 11 heterocycles. The molecule has 0 unspecified atom stereocenters. The van der Waals surface area contributed by atoms with Crippen LogP contribution in [0.4, 0.5) is 0 Å². The highest BCUT2D eigenvalue weighted by Gasteiger charge is 2.64. The third-order valence-corrected chi connectivity index (χ3v) is 25.3. The van der Waals surface area contributed by atoms with Crippen molar-refractivity contribution in [2.75, 3.05) is 59.5 Å². The summed E-state index contributed by atoms with van der Waals surface area (Å²) in [6, 6.07) is -11.5. The smallest absolute Gasteiger partial charge is 0.217 e. The lowest BCUT2D eigenvalue weighted by Crippen LogP contribution is -2.72. The van der Waals surface area contributed by atoms with Crippen LogP contribution in [-0.2, 0) is 128 Å². The fourth-order valence-corrected chi connectivity index (χ4v) is 18.1. The molecular formula is C78H130N6O54. The molecule has 0 radical (unpaired) electrons. The molecule has 11 aliphatic rings. The summed E-state index contributed by atoms with van der Waals surface area (Å²) < 4.78 is 129. The number of rotatable bonds is 35. The predicted molar refractivity (Wildman–Crippen MR) is 429 cm³/mol. The summed E-state index contributed by atoms with van der Waals surface area (Å²) in [5, 5.41) is 322. The second-order valence-electron chi connectivity index (χ2n) is 35.2. The predicted octanol–water partition coefficient (Wildman–Crippen LogP) is -22.1. The van der Waals surface area contributed by atoms with Gasteiger partial charge in [0.05, 0.1) is 71.7 Å². The van der Waals surface area contributed by atoms with E-state index in [1.165, 1.54) is 13.8 Å². The van der Waals surface area contributed by atoms with Crippen LogP contribution in [0.1, 0.15) is 55.4 Å². The first-order chi connectivity index (χ1) is 65.2. The average Bonchev–Trinajstić information content (AvgIpc) is 0.749. The summed E-state index contributed by atoms with van der Waals surface area (Å²) in [6.45, 7) is -2.57. The van der Waals surface area contributed by atoms with E-state index in [-0.39, 0.29) is 0 Å². The second kappa shape index (κ2) is 49.4. The van der Waals surface area contributed by atoms with Crippen molar-refractivity contribution in [3.8, 4) is 0 Å². The van der Waals surface area contributed by atoms with E-state index in [0.717, 1.165) is 41.5 Å². The monoisotopic (exact) mass is 2010 g/mol. The van der Waals surface area contributed by atoms with Gasteiger partial charge < -0.3 is 269 Å². The van der Waals surface area contributed by atoms with Crippen LogP contribution in [-0.4, -0.2) is 570 Å². The van der Waals surface area contributed by atoms with Gasteiger partial charge in [-0.1, -0.05) is 0 Å². The van der Waals surface area contributed by atoms with Crippen LogP contribution in [0.3, 0.4) is 0 Å². The number of nitrogens with one attached hydrogen (secondary N) is 6. The van der Waals surface area contributed by atoms with Gasteiger partial charge in [-0.05, 0) is 13.8 Å². The van der Waals surface area contributed by atoms with Gasteiger partial charge in [-0.3, -0.25) is 28.8 Å². The Balaban J connectivity index is 0.983. The number of aliphatic hydroxyl groups is 27. The van der Waals surface area contributed by atoms with Crippen molar-refractivity contribution in [3.63, 3.8) is 0 Å². The standard InChI is InChI=1S/C78H130N6O54/c1-18-41(99)52(110)56(114)74(119-18)134-63-39(83-24(7)97)72(127-32(15-91)61(63)132-69-36(80-21(4)94)48(106)43(101)26(9-85)122-69)137-66-54(112)45(103)28(11-87)124-77(66)118-17-34-47(105)65(58(116)76(129-34)131-60-31(14-90)126-71(38(51(60)109)82-23(6)96)130-59-30(13-89)121-68(117)35(50(59)108)79-20(3)93)136-78-67(55(113)46(104)29(12-88)125-78)138-73-40(84-25(8)98)64(135-75-57(115)53(111)42(100)19(2)120-75)62(33(16-92)128-73)133-70-37(81-22(5)95)49(107)44(102)27(10-86)123-70/h18-19,26-78,85-92,99-117H,9-17H2,1-8H3,(H,79,93)(H,80,94)(H,81,95)(H,82,96)(H,83,97)(H,84,98)/t18-,19-,26+,27+,28+,29+,30+,31+,32+,33+,34+,35+,36+,37+,38+,39+,40+,41+,42+,43-,44-,45+,46+,47+,48+,49+,50+,51+,52+,53+,54-,55-,56-,57-,58-,59+,60+,61+,62+,63+,64+,65-,66-,67-,68+,69-,70-,71-,72-,73-,74-,75-,76-,77-,78+/m0/s1. The Kier molecular flexibility index (Phi) is 40.5. The normalized spacial score (nSPS) is 48.6. The summed E-state index contributed by atoms with van der Waals surface area (Å²) in [7, 11) is 0. The fraction of sp³-hybridized carbons (Fsp3) is 0.923. The highest BCUT2D eigenvalue weighted by atomic mass is 16.8. The summed E-state index contributed by atoms with van der Waals surface area (Å²) >= 11 is 0. The zero-order valence-electron chi connectivity index (χ0n) is 75.2. The van der Waals surface area contributed by atoms with Gasteiger partial charge in [0, 0.05) is 41.5 Å². The number of aliphatic hydroxyl groups excluding tert-OH is 27. The molecule has 0 saturated carbocycles. The third-order valence-electron chi connectivity index (χ3n) is 25.3. The Hall–Kier alpha value is -5.10. The van der Waals surface area contributed by atoms with Gasteiger partial charge in [0.25, 0.3) is 0 Å². The van der Waals surface area contributed by atoms with Gasteiger partial charge >= 0.3 is 0 Å². The van der Waals surface area contributed by atoms with Crippen molar-refractivity contribution in [1.29, 1.82) is 0 Å². The van der Waals surface area contributed by atoms with Crippen molar-refractivity contribution in [3.05, 3.63) is 0 Å². The summed E-state index contributed by atoms with van der Waals surface area (Å²) in [5.41, 5.74) is 0. The number of amides is 6. The zero-order valence-corrected chi connectivity index (χ0v) is 75.2. The zero-order chi connectivity index (χ0) is 102. The molecule has 0 bridgehead atoms. The van der Waals surface area contributed by atoms with E-state index in [2.05, 4.69) is 31.9 Å². The minimum atomic E-state index is -2.70. The molecule has 60 nitrogen and oxygen atoms in total. The van der Waals surface area contributed by atoms with Gasteiger partial charge in [-0.25, -0.2) is 0 Å². The first-order valence-electron chi connectivity index (χ1n) is 44.3. The van der Waals surface area contributed by atoms with E-state index in [9.17, 15) is 167 Å². The highest BCUT2D eigenvalue weighted by Crippen LogP contribution is 2.43. The average molecular weight is 2020 g/mol. The molecule has 11 rings (SSSR count). The quantitative estimate of drug-likeness (QED) is 0.0280.